The maximum absolute atomic E-state index is 12.7. The lowest BCUT2D eigenvalue weighted by molar-refractivity contribution is 0.103. The van der Waals surface area contributed by atoms with E-state index in [1.165, 1.54) is 5.56 Å². The number of benzene rings is 2. The SMILES string of the molecule is Cc1ccc(C(=O)c2nc3ccccc3cc2Br)cc1C. The zero-order valence-corrected chi connectivity index (χ0v) is 13.4. The minimum atomic E-state index is -0.0595. The Balaban J connectivity index is 2.12. The second-order valence-electron chi connectivity index (χ2n) is 5.14. The van der Waals surface area contributed by atoms with Crippen LogP contribution in [0.1, 0.15) is 27.2 Å². The Morgan fingerprint density at radius 1 is 1.00 bits per heavy atom. The van der Waals surface area contributed by atoms with Crippen LogP contribution in [0.15, 0.2) is 53.0 Å². The smallest absolute Gasteiger partial charge is 0.212 e. The van der Waals surface area contributed by atoms with Crippen LogP contribution in [0, 0.1) is 13.8 Å². The number of para-hydroxylation sites is 1. The molecule has 2 nitrogen and oxygen atoms in total. The van der Waals surface area contributed by atoms with Crippen molar-refractivity contribution < 1.29 is 4.79 Å². The van der Waals surface area contributed by atoms with E-state index in [-0.39, 0.29) is 5.78 Å². The van der Waals surface area contributed by atoms with Crippen LogP contribution in [0.4, 0.5) is 0 Å². The molecule has 3 heteroatoms. The zero-order chi connectivity index (χ0) is 15.0. The van der Waals surface area contributed by atoms with Gasteiger partial charge in [0.2, 0.25) is 5.78 Å². The number of carbonyl (C=O) groups excluding carboxylic acids is 1. The number of rotatable bonds is 2. The quantitative estimate of drug-likeness (QED) is 0.625. The highest BCUT2D eigenvalue weighted by atomic mass is 79.9. The number of fused-ring (bicyclic) bond motifs is 1. The third-order valence-electron chi connectivity index (χ3n) is 3.66. The van der Waals surface area contributed by atoms with E-state index in [4.69, 9.17) is 0 Å². The van der Waals surface area contributed by atoms with Crippen LogP contribution < -0.4 is 0 Å². The van der Waals surface area contributed by atoms with E-state index in [0.717, 1.165) is 20.9 Å². The fraction of sp³-hybridized carbons (Fsp3) is 0.111. The summed E-state index contributed by atoms with van der Waals surface area (Å²) in [4.78, 5) is 17.2. The summed E-state index contributed by atoms with van der Waals surface area (Å²) in [6.07, 6.45) is 0. The minimum Gasteiger partial charge on any atom is -0.287 e. The van der Waals surface area contributed by atoms with Crippen LogP contribution in [0.3, 0.4) is 0 Å². The van der Waals surface area contributed by atoms with Crippen molar-refractivity contribution in [3.8, 4) is 0 Å². The monoisotopic (exact) mass is 339 g/mol. The number of aromatic nitrogens is 1. The molecule has 3 aromatic rings. The Kier molecular flexibility index (Phi) is 3.60. The van der Waals surface area contributed by atoms with Crippen LogP contribution >= 0.6 is 15.9 Å². The van der Waals surface area contributed by atoms with Crippen LogP contribution in [-0.2, 0) is 0 Å². The van der Waals surface area contributed by atoms with Gasteiger partial charge in [-0.2, -0.15) is 0 Å². The first-order chi connectivity index (χ1) is 10.1. The van der Waals surface area contributed by atoms with Gasteiger partial charge >= 0.3 is 0 Å². The van der Waals surface area contributed by atoms with Gasteiger partial charge < -0.3 is 0 Å². The molecule has 0 spiro atoms. The Labute approximate surface area is 132 Å². The third-order valence-corrected chi connectivity index (χ3v) is 4.27. The van der Waals surface area contributed by atoms with Gasteiger partial charge in [0.1, 0.15) is 5.69 Å². The van der Waals surface area contributed by atoms with Gasteiger partial charge in [0.15, 0.2) is 0 Å². The van der Waals surface area contributed by atoms with Crippen molar-refractivity contribution in [1.29, 1.82) is 0 Å². The summed E-state index contributed by atoms with van der Waals surface area (Å²) in [6, 6.07) is 15.5. The molecule has 0 aliphatic carbocycles. The van der Waals surface area contributed by atoms with Gasteiger partial charge in [-0.25, -0.2) is 4.98 Å². The largest absolute Gasteiger partial charge is 0.287 e. The molecular weight excluding hydrogens is 326 g/mol. The fourth-order valence-electron chi connectivity index (χ4n) is 2.27. The Hall–Kier alpha value is -2.00. The molecule has 0 unspecified atom stereocenters. The average Bonchev–Trinajstić information content (AvgIpc) is 2.48. The lowest BCUT2D eigenvalue weighted by atomic mass is 10.0. The van der Waals surface area contributed by atoms with E-state index in [1.54, 1.807) is 0 Å². The topological polar surface area (TPSA) is 30.0 Å². The molecule has 1 aromatic heterocycles. The number of carbonyl (C=O) groups is 1. The van der Waals surface area contributed by atoms with Crippen LogP contribution in [0.5, 0.6) is 0 Å². The molecule has 0 radical (unpaired) electrons. The van der Waals surface area contributed by atoms with Gasteiger partial charge in [0, 0.05) is 15.4 Å². The summed E-state index contributed by atoms with van der Waals surface area (Å²) >= 11 is 3.46. The Bertz CT molecular complexity index is 855. The second kappa shape index (κ2) is 5.41. The summed E-state index contributed by atoms with van der Waals surface area (Å²) in [5.41, 5.74) is 4.24. The van der Waals surface area contributed by atoms with Crippen molar-refractivity contribution in [2.45, 2.75) is 13.8 Å². The number of ketones is 1. The van der Waals surface area contributed by atoms with E-state index >= 15 is 0 Å². The lowest BCUT2D eigenvalue weighted by Crippen LogP contribution is -2.06. The number of pyridine rings is 1. The molecule has 0 fully saturated rings. The van der Waals surface area contributed by atoms with Crippen LogP contribution in [0.25, 0.3) is 10.9 Å². The van der Waals surface area contributed by atoms with Crippen molar-refractivity contribution >= 4 is 32.6 Å². The van der Waals surface area contributed by atoms with E-state index in [1.807, 2.05) is 62.4 Å². The predicted octanol–water partition coefficient (Wildman–Crippen LogP) is 4.85. The summed E-state index contributed by atoms with van der Waals surface area (Å²) < 4.78 is 0.726. The molecule has 0 aliphatic rings. The standard InChI is InChI=1S/C18H14BrNO/c1-11-7-8-14(9-12(11)2)18(21)17-15(19)10-13-5-3-4-6-16(13)20-17/h3-10H,1-2H3. The highest BCUT2D eigenvalue weighted by Crippen LogP contribution is 2.24. The van der Waals surface area contributed by atoms with Crippen LogP contribution in [-0.4, -0.2) is 10.8 Å². The van der Waals surface area contributed by atoms with Crippen molar-refractivity contribution in [1.82, 2.24) is 4.98 Å². The van der Waals surface area contributed by atoms with E-state index in [0.29, 0.717) is 11.3 Å². The predicted molar refractivity (Wildman–Crippen MR) is 88.8 cm³/mol. The average molecular weight is 340 g/mol. The highest BCUT2D eigenvalue weighted by Gasteiger charge is 2.16. The van der Waals surface area contributed by atoms with Gasteiger partial charge in [0.05, 0.1) is 5.52 Å². The molecule has 21 heavy (non-hydrogen) atoms. The maximum Gasteiger partial charge on any atom is 0.212 e. The highest BCUT2D eigenvalue weighted by molar-refractivity contribution is 9.10. The minimum absolute atomic E-state index is 0.0595. The molecule has 0 N–H and O–H groups in total. The third kappa shape index (κ3) is 2.61. The molecule has 1 heterocycles. The maximum atomic E-state index is 12.7. The summed E-state index contributed by atoms with van der Waals surface area (Å²) in [7, 11) is 0. The Morgan fingerprint density at radius 2 is 1.76 bits per heavy atom. The lowest BCUT2D eigenvalue weighted by Gasteiger charge is -2.07. The van der Waals surface area contributed by atoms with Gasteiger partial charge in [-0.05, 0) is 59.1 Å². The van der Waals surface area contributed by atoms with E-state index < -0.39 is 0 Å². The summed E-state index contributed by atoms with van der Waals surface area (Å²) in [5, 5.41) is 1.01. The molecule has 2 aromatic carbocycles. The molecule has 0 bridgehead atoms. The zero-order valence-electron chi connectivity index (χ0n) is 11.9. The normalized spacial score (nSPS) is 10.8. The molecular formula is C18H14BrNO. The molecule has 3 rings (SSSR count). The van der Waals surface area contributed by atoms with Gasteiger partial charge in [-0.1, -0.05) is 30.3 Å². The molecule has 0 atom stereocenters. The first-order valence-corrected chi connectivity index (χ1v) is 7.53. The van der Waals surface area contributed by atoms with Crippen molar-refractivity contribution in [3.05, 3.63) is 75.4 Å². The van der Waals surface area contributed by atoms with Crippen molar-refractivity contribution in [2.24, 2.45) is 0 Å². The van der Waals surface area contributed by atoms with Gasteiger partial charge in [0.25, 0.3) is 0 Å². The second-order valence-corrected chi connectivity index (χ2v) is 5.99. The van der Waals surface area contributed by atoms with E-state index in [9.17, 15) is 4.79 Å². The van der Waals surface area contributed by atoms with Crippen molar-refractivity contribution in [3.63, 3.8) is 0 Å². The number of aryl methyl sites for hydroxylation is 2. The first kappa shape index (κ1) is 14.0. The van der Waals surface area contributed by atoms with Gasteiger partial charge in [-0.15, -0.1) is 0 Å². The first-order valence-electron chi connectivity index (χ1n) is 6.73. The van der Waals surface area contributed by atoms with Gasteiger partial charge in [-0.3, -0.25) is 4.79 Å². The molecule has 104 valence electrons. The molecule has 0 saturated carbocycles. The number of halogens is 1. The molecule has 0 saturated heterocycles. The van der Waals surface area contributed by atoms with Crippen LogP contribution in [0.2, 0.25) is 0 Å². The molecule has 0 aliphatic heterocycles. The Morgan fingerprint density at radius 3 is 2.52 bits per heavy atom. The number of hydrogen-bond donors (Lipinski definition) is 0. The fourth-order valence-corrected chi connectivity index (χ4v) is 2.78. The molecule has 0 amide bonds. The summed E-state index contributed by atoms with van der Waals surface area (Å²) in [6.45, 7) is 4.04. The number of hydrogen-bond acceptors (Lipinski definition) is 2. The van der Waals surface area contributed by atoms with Crippen molar-refractivity contribution in [2.75, 3.05) is 0 Å². The summed E-state index contributed by atoms with van der Waals surface area (Å²) in [5.74, 6) is -0.0595. The number of nitrogens with zero attached hydrogens (tertiary/aromatic N) is 1. The van der Waals surface area contributed by atoms with E-state index in [2.05, 4.69) is 20.9 Å².